The quantitative estimate of drug-likeness (QED) is 0.694. The Kier molecular flexibility index (Phi) is 7.11. The summed E-state index contributed by atoms with van der Waals surface area (Å²) in [6.45, 7) is 10.0. The first-order chi connectivity index (χ1) is 8.65. The summed E-state index contributed by atoms with van der Waals surface area (Å²) in [5.41, 5.74) is 0. The maximum Gasteiger partial charge on any atom is 0.329 e. The first-order valence-electron chi connectivity index (χ1n) is 6.43. The highest BCUT2D eigenvalue weighted by Gasteiger charge is 2.28. The molecule has 0 saturated heterocycles. The van der Waals surface area contributed by atoms with Gasteiger partial charge in [-0.1, -0.05) is 13.8 Å². The van der Waals surface area contributed by atoms with Crippen molar-refractivity contribution in [2.75, 3.05) is 0 Å². The first-order valence-corrected chi connectivity index (χ1v) is 6.43. The highest BCUT2D eigenvalue weighted by molar-refractivity contribution is 5.90. The van der Waals surface area contributed by atoms with Crippen LogP contribution in [0.5, 0.6) is 0 Å². The monoisotopic (exact) mass is 272 g/mol. The lowest BCUT2D eigenvalue weighted by atomic mass is 10.0. The molecule has 0 fully saturated rings. The van der Waals surface area contributed by atoms with Gasteiger partial charge in [0.15, 0.2) is 0 Å². The molecule has 2 atom stereocenters. The maximum absolute atomic E-state index is 11.9. The van der Waals surface area contributed by atoms with Gasteiger partial charge >= 0.3 is 5.97 Å². The van der Waals surface area contributed by atoms with Gasteiger partial charge in [-0.25, -0.2) is 4.79 Å². The van der Waals surface area contributed by atoms with Crippen LogP contribution in [0, 0.1) is 5.92 Å². The van der Waals surface area contributed by atoms with E-state index in [-0.39, 0.29) is 17.9 Å². The lowest BCUT2D eigenvalue weighted by Gasteiger charge is -2.23. The van der Waals surface area contributed by atoms with Gasteiger partial charge in [0.1, 0.15) is 12.1 Å². The van der Waals surface area contributed by atoms with E-state index >= 15 is 0 Å². The Morgan fingerprint density at radius 1 is 0.947 bits per heavy atom. The Labute approximate surface area is 114 Å². The van der Waals surface area contributed by atoms with E-state index < -0.39 is 24.0 Å². The van der Waals surface area contributed by atoms with Crippen LogP contribution < -0.4 is 10.6 Å². The number of carbonyl (C=O) groups excluding carboxylic acids is 3. The Morgan fingerprint density at radius 2 is 1.47 bits per heavy atom. The summed E-state index contributed by atoms with van der Waals surface area (Å²) in [6.07, 6.45) is -0.238. The topological polar surface area (TPSA) is 84.5 Å². The number of rotatable bonds is 6. The van der Waals surface area contributed by atoms with Gasteiger partial charge in [0.05, 0.1) is 6.10 Å². The van der Waals surface area contributed by atoms with Gasteiger partial charge in [-0.2, -0.15) is 0 Å². The average Bonchev–Trinajstić information content (AvgIpc) is 2.22. The van der Waals surface area contributed by atoms with Gasteiger partial charge in [-0.05, 0) is 26.7 Å². The summed E-state index contributed by atoms with van der Waals surface area (Å²) in [6, 6.07) is -1.41. The number of esters is 1. The van der Waals surface area contributed by atoms with E-state index in [1.165, 1.54) is 6.92 Å². The van der Waals surface area contributed by atoms with Gasteiger partial charge in [0, 0.05) is 6.92 Å². The molecule has 0 radical (unpaired) electrons. The van der Waals surface area contributed by atoms with Gasteiger partial charge in [0.25, 0.3) is 0 Å². The van der Waals surface area contributed by atoms with Crippen molar-refractivity contribution in [1.82, 2.24) is 10.6 Å². The fourth-order valence-corrected chi connectivity index (χ4v) is 1.45. The predicted molar refractivity (Wildman–Crippen MR) is 71.3 cm³/mol. The number of hydrogen-bond acceptors (Lipinski definition) is 4. The molecule has 0 spiro atoms. The molecule has 2 amide bonds. The molecule has 2 N–H and O–H groups in total. The molecule has 0 aliphatic heterocycles. The van der Waals surface area contributed by atoms with Gasteiger partial charge in [-0.15, -0.1) is 0 Å². The highest BCUT2D eigenvalue weighted by atomic mass is 16.5. The summed E-state index contributed by atoms with van der Waals surface area (Å²) in [4.78, 5) is 34.6. The van der Waals surface area contributed by atoms with Crippen LogP contribution in [-0.2, 0) is 19.1 Å². The summed E-state index contributed by atoms with van der Waals surface area (Å²) in [7, 11) is 0. The van der Waals surface area contributed by atoms with Crippen molar-refractivity contribution >= 4 is 17.8 Å². The minimum Gasteiger partial charge on any atom is -0.461 e. The Hall–Kier alpha value is -1.59. The van der Waals surface area contributed by atoms with Crippen LogP contribution in [0.15, 0.2) is 0 Å². The average molecular weight is 272 g/mol. The number of hydrogen-bond donors (Lipinski definition) is 2. The van der Waals surface area contributed by atoms with E-state index in [9.17, 15) is 14.4 Å². The van der Waals surface area contributed by atoms with E-state index in [0.717, 1.165) is 0 Å². The second-order valence-corrected chi connectivity index (χ2v) is 5.14. The van der Waals surface area contributed by atoms with E-state index in [1.54, 1.807) is 20.8 Å². The smallest absolute Gasteiger partial charge is 0.329 e. The number of carbonyl (C=O) groups is 3. The SMILES string of the molecule is CC(=O)N[C@@H](C)C(=O)N[C@@H](C(=O)OC(C)C)C(C)C. The molecule has 0 saturated carbocycles. The number of ether oxygens (including phenoxy) is 1. The van der Waals surface area contributed by atoms with Crippen molar-refractivity contribution in [3.8, 4) is 0 Å². The molecule has 0 unspecified atom stereocenters. The Bertz CT molecular complexity index is 340. The van der Waals surface area contributed by atoms with Crippen LogP contribution in [0.4, 0.5) is 0 Å². The summed E-state index contributed by atoms with van der Waals surface area (Å²) in [5, 5.41) is 5.06. The molecule has 0 aliphatic rings. The van der Waals surface area contributed by atoms with Gasteiger partial charge in [-0.3, -0.25) is 9.59 Å². The normalized spacial score (nSPS) is 13.9. The summed E-state index contributed by atoms with van der Waals surface area (Å²) >= 11 is 0. The van der Waals surface area contributed by atoms with Crippen molar-refractivity contribution in [2.24, 2.45) is 5.92 Å². The molecule has 0 bridgehead atoms. The van der Waals surface area contributed by atoms with Crippen molar-refractivity contribution in [2.45, 2.75) is 59.7 Å². The van der Waals surface area contributed by atoms with E-state index in [4.69, 9.17) is 4.74 Å². The van der Waals surface area contributed by atoms with E-state index in [0.29, 0.717) is 0 Å². The van der Waals surface area contributed by atoms with E-state index in [2.05, 4.69) is 10.6 Å². The van der Waals surface area contributed by atoms with E-state index in [1.807, 2.05) is 13.8 Å². The third-order valence-electron chi connectivity index (χ3n) is 2.38. The third-order valence-corrected chi connectivity index (χ3v) is 2.38. The largest absolute Gasteiger partial charge is 0.461 e. The molecule has 6 heteroatoms. The fraction of sp³-hybridized carbons (Fsp3) is 0.769. The molecule has 0 aromatic heterocycles. The molecule has 110 valence electrons. The molecule has 0 aromatic carbocycles. The Morgan fingerprint density at radius 3 is 1.84 bits per heavy atom. The predicted octanol–water partition coefficient (Wildman–Crippen LogP) is 0.603. The van der Waals surface area contributed by atoms with Gasteiger partial charge in [0.2, 0.25) is 11.8 Å². The zero-order valence-corrected chi connectivity index (χ0v) is 12.4. The Balaban J connectivity index is 4.62. The molecule has 6 nitrogen and oxygen atoms in total. The molecule has 0 rings (SSSR count). The second kappa shape index (κ2) is 7.76. The first kappa shape index (κ1) is 17.4. The van der Waals surface area contributed by atoms with Crippen LogP contribution in [0.1, 0.15) is 41.5 Å². The van der Waals surface area contributed by atoms with Crippen molar-refractivity contribution in [3.05, 3.63) is 0 Å². The fourth-order valence-electron chi connectivity index (χ4n) is 1.45. The lowest BCUT2D eigenvalue weighted by Crippen LogP contribution is -2.52. The van der Waals surface area contributed by atoms with Crippen molar-refractivity contribution in [3.63, 3.8) is 0 Å². The standard InChI is InChI=1S/C13H24N2O4/c1-7(2)11(13(18)19-8(3)4)15-12(17)9(5)14-10(6)16/h7-9,11H,1-6H3,(H,14,16)(H,15,17)/t9-,11+/m0/s1. The van der Waals surface area contributed by atoms with Crippen LogP contribution in [-0.4, -0.2) is 36.0 Å². The summed E-state index contributed by atoms with van der Waals surface area (Å²) < 4.78 is 5.09. The maximum atomic E-state index is 11.9. The summed E-state index contributed by atoms with van der Waals surface area (Å²) in [5.74, 6) is -1.27. The van der Waals surface area contributed by atoms with Crippen molar-refractivity contribution < 1.29 is 19.1 Å². The molecular weight excluding hydrogens is 248 g/mol. The third kappa shape index (κ3) is 6.79. The molecule has 0 heterocycles. The van der Waals surface area contributed by atoms with Gasteiger partial charge < -0.3 is 15.4 Å². The molecule has 19 heavy (non-hydrogen) atoms. The highest BCUT2D eigenvalue weighted by Crippen LogP contribution is 2.06. The van der Waals surface area contributed by atoms with Crippen LogP contribution in [0.25, 0.3) is 0 Å². The zero-order valence-electron chi connectivity index (χ0n) is 12.4. The minimum atomic E-state index is -0.717. The second-order valence-electron chi connectivity index (χ2n) is 5.14. The number of amides is 2. The molecular formula is C13H24N2O4. The van der Waals surface area contributed by atoms with Crippen LogP contribution in [0.2, 0.25) is 0 Å². The zero-order chi connectivity index (χ0) is 15.2. The molecule has 0 aromatic rings. The number of nitrogens with one attached hydrogen (secondary N) is 2. The molecule has 0 aliphatic carbocycles. The van der Waals surface area contributed by atoms with Crippen LogP contribution in [0.3, 0.4) is 0 Å². The minimum absolute atomic E-state index is 0.0975. The van der Waals surface area contributed by atoms with Crippen LogP contribution >= 0.6 is 0 Å². The van der Waals surface area contributed by atoms with Crippen molar-refractivity contribution in [1.29, 1.82) is 0 Å². The lowest BCUT2D eigenvalue weighted by molar-refractivity contribution is -0.153.